The van der Waals surface area contributed by atoms with E-state index in [2.05, 4.69) is 10.4 Å². The molecule has 2 heterocycles. The van der Waals surface area contributed by atoms with Gasteiger partial charge in [-0.3, -0.25) is 9.59 Å². The van der Waals surface area contributed by atoms with Crippen LogP contribution in [-0.4, -0.2) is 39.6 Å². The lowest BCUT2D eigenvalue weighted by molar-refractivity contribution is -0.128. The average molecular weight is 386 g/mol. The highest BCUT2D eigenvalue weighted by Crippen LogP contribution is 2.26. The number of para-hydroxylation sites is 1. The second-order valence-electron chi connectivity index (χ2n) is 6.90. The minimum atomic E-state index is -0.275. The molecule has 1 atom stereocenters. The van der Waals surface area contributed by atoms with Gasteiger partial charge in [0.2, 0.25) is 11.8 Å². The van der Waals surface area contributed by atoms with E-state index < -0.39 is 0 Å². The van der Waals surface area contributed by atoms with Crippen molar-refractivity contribution in [2.75, 3.05) is 13.1 Å². The van der Waals surface area contributed by atoms with Crippen molar-refractivity contribution in [1.82, 2.24) is 20.0 Å². The predicted molar refractivity (Wildman–Crippen MR) is 111 cm³/mol. The Kier molecular flexibility index (Phi) is 5.52. The van der Waals surface area contributed by atoms with Crippen molar-refractivity contribution in [1.29, 1.82) is 0 Å². The van der Waals surface area contributed by atoms with E-state index in [4.69, 9.17) is 0 Å². The number of hydrogen-bond donors (Lipinski definition) is 1. The summed E-state index contributed by atoms with van der Waals surface area (Å²) >= 11 is 0. The molecular weight excluding hydrogens is 364 g/mol. The summed E-state index contributed by atoms with van der Waals surface area (Å²) in [5.41, 5.74) is 2.76. The largest absolute Gasteiger partial charge is 0.354 e. The van der Waals surface area contributed by atoms with Crippen molar-refractivity contribution in [3.05, 3.63) is 90.3 Å². The normalized spacial score (nSPS) is 17.2. The molecule has 0 radical (unpaired) electrons. The fourth-order valence-electron chi connectivity index (χ4n) is 3.47. The van der Waals surface area contributed by atoms with E-state index in [0.29, 0.717) is 13.1 Å². The van der Waals surface area contributed by atoms with Gasteiger partial charge in [-0.15, -0.1) is 0 Å². The van der Waals surface area contributed by atoms with Crippen molar-refractivity contribution in [2.45, 2.75) is 12.5 Å². The molecule has 3 aromatic rings. The molecule has 6 heteroatoms. The van der Waals surface area contributed by atoms with Crippen LogP contribution in [-0.2, 0) is 9.59 Å². The Balaban J connectivity index is 1.53. The SMILES string of the molecule is O=C1CC(c2ccccc2)N(C(=O)/C=C/c2cnn(-c3ccccc3)c2)CCN1. The van der Waals surface area contributed by atoms with Crippen LogP contribution < -0.4 is 5.32 Å². The molecule has 1 aliphatic heterocycles. The van der Waals surface area contributed by atoms with Crippen molar-refractivity contribution >= 4 is 17.9 Å². The minimum Gasteiger partial charge on any atom is -0.354 e. The Morgan fingerprint density at radius 1 is 1.07 bits per heavy atom. The van der Waals surface area contributed by atoms with Crippen LogP contribution in [0, 0.1) is 0 Å². The van der Waals surface area contributed by atoms with Crippen LogP contribution in [0.5, 0.6) is 0 Å². The van der Waals surface area contributed by atoms with E-state index in [1.165, 1.54) is 0 Å². The molecule has 1 aliphatic rings. The van der Waals surface area contributed by atoms with Crippen LogP contribution >= 0.6 is 0 Å². The summed E-state index contributed by atoms with van der Waals surface area (Å²) in [5, 5.41) is 7.20. The van der Waals surface area contributed by atoms with Crippen LogP contribution in [0.2, 0.25) is 0 Å². The van der Waals surface area contributed by atoms with E-state index in [9.17, 15) is 9.59 Å². The van der Waals surface area contributed by atoms with Gasteiger partial charge in [-0.1, -0.05) is 48.5 Å². The van der Waals surface area contributed by atoms with Crippen LogP contribution in [0.25, 0.3) is 11.8 Å². The van der Waals surface area contributed by atoms with Gasteiger partial charge in [0.15, 0.2) is 0 Å². The maximum absolute atomic E-state index is 13.0. The second kappa shape index (κ2) is 8.56. The molecule has 0 bridgehead atoms. The number of rotatable bonds is 4. The lowest BCUT2D eigenvalue weighted by Gasteiger charge is -2.28. The standard InChI is InChI=1S/C23H22N4O2/c28-22-15-21(19-7-3-1-4-8-19)26(14-13-24-22)23(29)12-11-18-16-25-27(17-18)20-9-5-2-6-10-20/h1-12,16-17,21H,13-15H2,(H,24,28)/b12-11+. The zero-order valence-corrected chi connectivity index (χ0v) is 15.9. The van der Waals surface area contributed by atoms with Crippen molar-refractivity contribution in [3.63, 3.8) is 0 Å². The fourth-order valence-corrected chi connectivity index (χ4v) is 3.47. The molecule has 4 rings (SSSR count). The zero-order chi connectivity index (χ0) is 20.1. The Bertz CT molecular complexity index is 1010. The van der Waals surface area contributed by atoms with Gasteiger partial charge < -0.3 is 10.2 Å². The van der Waals surface area contributed by atoms with Gasteiger partial charge in [-0.05, 0) is 23.8 Å². The summed E-state index contributed by atoms with van der Waals surface area (Å²) in [6.07, 6.45) is 7.17. The number of benzene rings is 2. The van der Waals surface area contributed by atoms with Gasteiger partial charge >= 0.3 is 0 Å². The molecule has 1 fully saturated rings. The van der Waals surface area contributed by atoms with Gasteiger partial charge in [0.05, 0.1) is 24.3 Å². The smallest absolute Gasteiger partial charge is 0.247 e. The number of aromatic nitrogens is 2. The van der Waals surface area contributed by atoms with E-state index in [1.54, 1.807) is 27.9 Å². The Morgan fingerprint density at radius 2 is 1.79 bits per heavy atom. The summed E-state index contributed by atoms with van der Waals surface area (Å²) in [6, 6.07) is 19.2. The van der Waals surface area contributed by atoms with E-state index in [-0.39, 0.29) is 24.3 Å². The number of nitrogens with one attached hydrogen (secondary N) is 1. The van der Waals surface area contributed by atoms with Crippen molar-refractivity contribution in [3.8, 4) is 5.69 Å². The molecule has 1 N–H and O–H groups in total. The number of hydrogen-bond acceptors (Lipinski definition) is 3. The first-order valence-corrected chi connectivity index (χ1v) is 9.61. The average Bonchev–Trinajstić information content (AvgIpc) is 3.15. The van der Waals surface area contributed by atoms with Gasteiger partial charge in [0, 0.05) is 30.9 Å². The highest BCUT2D eigenvalue weighted by Gasteiger charge is 2.28. The summed E-state index contributed by atoms with van der Waals surface area (Å²) < 4.78 is 1.77. The Hall–Kier alpha value is -3.67. The third-order valence-corrected chi connectivity index (χ3v) is 4.94. The minimum absolute atomic E-state index is 0.0396. The van der Waals surface area contributed by atoms with Crippen LogP contribution in [0.1, 0.15) is 23.6 Å². The van der Waals surface area contributed by atoms with E-state index in [1.807, 2.05) is 66.9 Å². The van der Waals surface area contributed by atoms with Gasteiger partial charge in [0.25, 0.3) is 0 Å². The van der Waals surface area contributed by atoms with Gasteiger partial charge in [-0.25, -0.2) is 4.68 Å². The third kappa shape index (κ3) is 4.43. The van der Waals surface area contributed by atoms with Crippen molar-refractivity contribution < 1.29 is 9.59 Å². The van der Waals surface area contributed by atoms with E-state index >= 15 is 0 Å². The fraction of sp³-hybridized carbons (Fsp3) is 0.174. The zero-order valence-electron chi connectivity index (χ0n) is 15.9. The topological polar surface area (TPSA) is 67.2 Å². The summed E-state index contributed by atoms with van der Waals surface area (Å²) in [6.45, 7) is 0.922. The molecular formula is C23H22N4O2. The molecule has 29 heavy (non-hydrogen) atoms. The lowest BCUT2D eigenvalue weighted by atomic mass is 10.0. The molecule has 0 spiro atoms. The van der Waals surface area contributed by atoms with Crippen molar-refractivity contribution in [2.24, 2.45) is 0 Å². The quantitative estimate of drug-likeness (QED) is 0.701. The monoisotopic (exact) mass is 386 g/mol. The predicted octanol–water partition coefficient (Wildman–Crippen LogP) is 2.98. The Morgan fingerprint density at radius 3 is 2.55 bits per heavy atom. The number of amides is 2. The molecule has 6 nitrogen and oxygen atoms in total. The van der Waals surface area contributed by atoms with E-state index in [0.717, 1.165) is 16.8 Å². The highest BCUT2D eigenvalue weighted by atomic mass is 16.2. The molecule has 1 unspecified atom stereocenters. The number of nitrogens with zero attached hydrogens (tertiary/aromatic N) is 3. The molecule has 1 saturated heterocycles. The molecule has 146 valence electrons. The second-order valence-corrected chi connectivity index (χ2v) is 6.90. The molecule has 2 aromatic carbocycles. The van der Waals surface area contributed by atoms with Crippen LogP contribution in [0.3, 0.4) is 0 Å². The molecule has 2 amide bonds. The summed E-state index contributed by atoms with van der Waals surface area (Å²) in [5.74, 6) is -0.162. The maximum Gasteiger partial charge on any atom is 0.247 e. The third-order valence-electron chi connectivity index (χ3n) is 4.94. The summed E-state index contributed by atoms with van der Waals surface area (Å²) in [4.78, 5) is 26.8. The van der Waals surface area contributed by atoms with Crippen LogP contribution in [0.15, 0.2) is 79.1 Å². The molecule has 0 aliphatic carbocycles. The first-order valence-electron chi connectivity index (χ1n) is 9.61. The first kappa shape index (κ1) is 18.7. The number of carbonyl (C=O) groups excluding carboxylic acids is 2. The van der Waals surface area contributed by atoms with Crippen LogP contribution in [0.4, 0.5) is 0 Å². The summed E-state index contributed by atoms with van der Waals surface area (Å²) in [7, 11) is 0. The Labute approximate surface area is 169 Å². The van der Waals surface area contributed by atoms with Gasteiger partial charge in [0.1, 0.15) is 0 Å². The highest BCUT2D eigenvalue weighted by molar-refractivity contribution is 5.92. The van der Waals surface area contributed by atoms with Gasteiger partial charge in [-0.2, -0.15) is 5.10 Å². The maximum atomic E-state index is 13.0. The number of carbonyl (C=O) groups is 2. The first-order chi connectivity index (χ1) is 14.2. The lowest BCUT2D eigenvalue weighted by Crippen LogP contribution is -2.35. The molecule has 0 saturated carbocycles. The molecule has 1 aromatic heterocycles.